The first-order valence-corrected chi connectivity index (χ1v) is 14.5. The molecule has 202 valence electrons. The molecule has 0 aliphatic carbocycles. The Balaban J connectivity index is 1.15. The number of hydrogen-bond acceptors (Lipinski definition) is 3. The van der Waals surface area contributed by atoms with E-state index in [0.29, 0.717) is 12.5 Å². The Morgan fingerprint density at radius 3 is 2.33 bits per heavy atom. The van der Waals surface area contributed by atoms with E-state index in [0.717, 1.165) is 62.6 Å². The van der Waals surface area contributed by atoms with Gasteiger partial charge in [-0.1, -0.05) is 96.5 Å². The first-order valence-electron chi connectivity index (χ1n) is 14.1. The molecule has 4 aromatic rings. The summed E-state index contributed by atoms with van der Waals surface area (Å²) < 4.78 is 11.4. The van der Waals surface area contributed by atoms with Crippen LogP contribution < -0.4 is 10.1 Å². The number of benzene rings is 4. The summed E-state index contributed by atoms with van der Waals surface area (Å²) >= 11 is 6.62. The van der Waals surface area contributed by atoms with E-state index >= 15 is 0 Å². The molecule has 39 heavy (non-hydrogen) atoms. The van der Waals surface area contributed by atoms with Gasteiger partial charge in [-0.15, -0.1) is 0 Å². The van der Waals surface area contributed by atoms with Crippen molar-refractivity contribution in [3.05, 3.63) is 136 Å². The largest absolute Gasteiger partial charge is 0.488 e. The van der Waals surface area contributed by atoms with Gasteiger partial charge in [0.2, 0.25) is 0 Å². The van der Waals surface area contributed by atoms with Gasteiger partial charge in [-0.25, -0.2) is 0 Å². The van der Waals surface area contributed by atoms with Crippen LogP contribution in [0.4, 0.5) is 0 Å². The minimum absolute atomic E-state index is 0.170. The fourth-order valence-corrected chi connectivity index (χ4v) is 5.46. The van der Waals surface area contributed by atoms with Crippen LogP contribution in [-0.4, -0.2) is 25.9 Å². The average molecular weight is 540 g/mol. The minimum Gasteiger partial charge on any atom is -0.488 e. The van der Waals surface area contributed by atoms with E-state index in [1.807, 2.05) is 0 Å². The first kappa shape index (κ1) is 27.5. The Morgan fingerprint density at radius 2 is 1.59 bits per heavy atom. The topological polar surface area (TPSA) is 30.5 Å². The van der Waals surface area contributed by atoms with E-state index in [-0.39, 0.29) is 6.10 Å². The summed E-state index contributed by atoms with van der Waals surface area (Å²) in [6.45, 7) is 3.33. The molecule has 2 unspecified atom stereocenters. The van der Waals surface area contributed by atoms with Gasteiger partial charge in [0.25, 0.3) is 0 Å². The zero-order valence-corrected chi connectivity index (χ0v) is 23.3. The number of rotatable bonds is 13. The van der Waals surface area contributed by atoms with Crippen LogP contribution in [0.25, 0.3) is 0 Å². The third kappa shape index (κ3) is 8.44. The summed E-state index contributed by atoms with van der Waals surface area (Å²) in [6.07, 6.45) is 5.25. The van der Waals surface area contributed by atoms with E-state index in [1.54, 1.807) is 0 Å². The summed E-state index contributed by atoms with van der Waals surface area (Å²) in [5.74, 6) is 1.39. The smallest absolute Gasteiger partial charge is 0.124 e. The Morgan fingerprint density at radius 1 is 0.846 bits per heavy atom. The van der Waals surface area contributed by atoms with Gasteiger partial charge in [-0.2, -0.15) is 0 Å². The van der Waals surface area contributed by atoms with Crippen molar-refractivity contribution in [2.24, 2.45) is 0 Å². The molecular formula is C35H38ClNO2. The van der Waals surface area contributed by atoms with E-state index in [1.165, 1.54) is 27.8 Å². The molecule has 0 spiro atoms. The molecule has 1 N–H and O–H groups in total. The molecule has 0 amide bonds. The second-order valence-corrected chi connectivity index (χ2v) is 10.9. The highest BCUT2D eigenvalue weighted by atomic mass is 35.5. The Bertz CT molecular complexity index is 1270. The van der Waals surface area contributed by atoms with Crippen LogP contribution >= 0.6 is 11.6 Å². The average Bonchev–Trinajstić information content (AvgIpc) is 3.49. The Hall–Kier alpha value is -3.11. The van der Waals surface area contributed by atoms with Gasteiger partial charge in [0, 0.05) is 24.5 Å². The minimum atomic E-state index is 0.170. The maximum absolute atomic E-state index is 6.62. The van der Waals surface area contributed by atoms with E-state index in [4.69, 9.17) is 21.1 Å². The molecule has 0 radical (unpaired) electrons. The van der Waals surface area contributed by atoms with Crippen molar-refractivity contribution in [1.82, 2.24) is 5.32 Å². The number of aryl methyl sites for hydroxylation is 1. The molecule has 5 rings (SSSR count). The molecule has 0 saturated carbocycles. The van der Waals surface area contributed by atoms with Crippen molar-refractivity contribution < 1.29 is 9.47 Å². The second kappa shape index (κ2) is 14.3. The van der Waals surface area contributed by atoms with Crippen LogP contribution in [0.3, 0.4) is 0 Å². The molecule has 3 nitrogen and oxygen atoms in total. The second-order valence-electron chi connectivity index (χ2n) is 10.5. The van der Waals surface area contributed by atoms with E-state index in [2.05, 4.69) is 108 Å². The van der Waals surface area contributed by atoms with Gasteiger partial charge in [0.1, 0.15) is 11.9 Å². The normalized spacial score (nSPS) is 15.8. The number of ether oxygens (including phenoxy) is 2. The van der Waals surface area contributed by atoms with Crippen molar-refractivity contribution >= 4 is 11.6 Å². The summed E-state index contributed by atoms with van der Waals surface area (Å²) in [6, 6.07) is 36.4. The van der Waals surface area contributed by atoms with Gasteiger partial charge < -0.3 is 14.8 Å². The number of nitrogens with one attached hydrogen (secondary N) is 1. The fraction of sp³-hybridized carbons (Fsp3) is 0.314. The van der Waals surface area contributed by atoms with Gasteiger partial charge in [0.05, 0.1) is 13.2 Å². The van der Waals surface area contributed by atoms with Gasteiger partial charge >= 0.3 is 0 Å². The molecule has 1 fully saturated rings. The summed E-state index contributed by atoms with van der Waals surface area (Å²) in [4.78, 5) is 0. The number of hydrogen-bond donors (Lipinski definition) is 1. The van der Waals surface area contributed by atoms with Crippen molar-refractivity contribution in [3.63, 3.8) is 0 Å². The van der Waals surface area contributed by atoms with Crippen LogP contribution in [0.1, 0.15) is 53.0 Å². The quantitative estimate of drug-likeness (QED) is 0.187. The molecule has 1 heterocycles. The molecule has 1 aliphatic heterocycles. The van der Waals surface area contributed by atoms with Gasteiger partial charge in [-0.05, 0) is 77.6 Å². The van der Waals surface area contributed by atoms with Crippen LogP contribution in [0.2, 0.25) is 5.02 Å². The molecule has 1 aliphatic rings. The number of halogens is 1. The lowest BCUT2D eigenvalue weighted by Gasteiger charge is -2.19. The summed E-state index contributed by atoms with van der Waals surface area (Å²) in [7, 11) is 0. The Kier molecular flexibility index (Phi) is 10.1. The molecule has 4 aromatic carbocycles. The van der Waals surface area contributed by atoms with Crippen molar-refractivity contribution in [3.8, 4) is 5.75 Å². The first-order chi connectivity index (χ1) is 19.2. The summed E-state index contributed by atoms with van der Waals surface area (Å²) in [5, 5.41) is 4.51. The van der Waals surface area contributed by atoms with Gasteiger partial charge in [0.15, 0.2) is 0 Å². The fourth-order valence-electron chi connectivity index (χ4n) is 5.27. The zero-order chi connectivity index (χ0) is 26.7. The van der Waals surface area contributed by atoms with Gasteiger partial charge in [-0.3, -0.25) is 0 Å². The summed E-state index contributed by atoms with van der Waals surface area (Å²) in [5.41, 5.74) is 6.49. The van der Waals surface area contributed by atoms with Crippen LogP contribution in [0.15, 0.2) is 103 Å². The SMILES string of the molecule is Clc1ccc(CCCC(CNCc2ccccc2)c2ccccc2)cc1Cc1ccc(OC2CCOC2)cc1. The standard InChI is InChI=1S/C35H38ClNO2/c36-35-19-16-27(22-32(35)23-28-14-17-33(18-15-28)39-34-20-21-38-26-34)10-7-13-31(30-11-5-2-6-12-30)25-37-24-29-8-3-1-4-9-29/h1-6,8-9,11-12,14-19,22,31,34,37H,7,10,13,20-21,23-26H2. The van der Waals surface area contributed by atoms with Crippen LogP contribution in [0.5, 0.6) is 5.75 Å². The predicted molar refractivity (Wildman–Crippen MR) is 161 cm³/mol. The highest BCUT2D eigenvalue weighted by Gasteiger charge is 2.17. The monoisotopic (exact) mass is 539 g/mol. The van der Waals surface area contributed by atoms with Crippen molar-refractivity contribution in [2.45, 2.75) is 50.7 Å². The Labute approximate surface area is 238 Å². The van der Waals surface area contributed by atoms with Crippen LogP contribution in [0, 0.1) is 0 Å². The maximum atomic E-state index is 6.62. The van der Waals surface area contributed by atoms with E-state index < -0.39 is 0 Å². The molecule has 4 heteroatoms. The lowest BCUT2D eigenvalue weighted by atomic mass is 9.92. The lowest BCUT2D eigenvalue weighted by molar-refractivity contribution is 0.141. The molecule has 0 bridgehead atoms. The highest BCUT2D eigenvalue weighted by Crippen LogP contribution is 2.26. The maximum Gasteiger partial charge on any atom is 0.124 e. The van der Waals surface area contributed by atoms with Crippen molar-refractivity contribution in [1.29, 1.82) is 0 Å². The van der Waals surface area contributed by atoms with Crippen LogP contribution in [-0.2, 0) is 24.1 Å². The highest BCUT2D eigenvalue weighted by molar-refractivity contribution is 6.31. The molecule has 0 aromatic heterocycles. The molecule has 1 saturated heterocycles. The predicted octanol–water partition coefficient (Wildman–Crippen LogP) is 7.99. The van der Waals surface area contributed by atoms with Crippen molar-refractivity contribution in [2.75, 3.05) is 19.8 Å². The third-order valence-corrected chi connectivity index (χ3v) is 7.84. The molecule has 2 atom stereocenters. The molecular weight excluding hydrogens is 502 g/mol. The zero-order valence-electron chi connectivity index (χ0n) is 22.5. The third-order valence-electron chi connectivity index (χ3n) is 7.47. The lowest BCUT2D eigenvalue weighted by Crippen LogP contribution is -2.21. The van der Waals surface area contributed by atoms with E-state index in [9.17, 15) is 0 Å².